The zero-order chi connectivity index (χ0) is 24.6. The molecule has 0 aliphatic carbocycles. The number of quaternary nitrogens is 1. The van der Waals surface area contributed by atoms with E-state index in [1.54, 1.807) is 20.8 Å². The molecular formula is C25H46NO6+. The lowest BCUT2D eigenvalue weighted by Crippen LogP contribution is -2.72. The summed E-state index contributed by atoms with van der Waals surface area (Å²) in [7, 11) is 0. The Balaban J connectivity index is 5.48. The predicted octanol–water partition coefficient (Wildman–Crippen LogP) is 5.48. The van der Waals surface area contributed by atoms with E-state index in [0.29, 0.717) is 0 Å². The van der Waals surface area contributed by atoms with Gasteiger partial charge in [-0.15, -0.1) is 0 Å². The lowest BCUT2D eigenvalue weighted by molar-refractivity contribution is -0.968. The lowest BCUT2D eigenvalue weighted by atomic mass is 9.94. The minimum atomic E-state index is -1.15. The molecule has 0 aliphatic heterocycles. The Hall–Kier alpha value is -1.89. The molecule has 0 radical (unpaired) electrons. The molecule has 7 nitrogen and oxygen atoms in total. The fourth-order valence-electron chi connectivity index (χ4n) is 4.96. The van der Waals surface area contributed by atoms with Gasteiger partial charge in [0.2, 0.25) is 0 Å². The van der Waals surface area contributed by atoms with Crippen LogP contribution in [0.5, 0.6) is 0 Å². The molecule has 3 N–H and O–H groups in total. The smallest absolute Gasteiger partial charge is 0.362 e. The zero-order valence-electron chi connectivity index (χ0n) is 20.6. The first-order valence-corrected chi connectivity index (χ1v) is 12.4. The van der Waals surface area contributed by atoms with E-state index in [2.05, 4.69) is 6.92 Å². The molecule has 186 valence electrons. The van der Waals surface area contributed by atoms with Crippen molar-refractivity contribution in [2.75, 3.05) is 6.54 Å². The summed E-state index contributed by atoms with van der Waals surface area (Å²) >= 11 is 0. The molecule has 0 spiro atoms. The molecule has 0 aromatic carbocycles. The van der Waals surface area contributed by atoms with E-state index in [9.17, 15) is 29.7 Å². The van der Waals surface area contributed by atoms with Crippen molar-refractivity contribution in [3.8, 4) is 0 Å². The number of rotatable bonds is 20. The van der Waals surface area contributed by atoms with E-state index < -0.39 is 40.5 Å². The third kappa shape index (κ3) is 8.93. The molecule has 7 heteroatoms. The Labute approximate surface area is 194 Å². The van der Waals surface area contributed by atoms with Crippen molar-refractivity contribution in [1.29, 1.82) is 0 Å². The number of unbranched alkanes of at least 4 members (excludes halogenated alkanes) is 8. The summed E-state index contributed by atoms with van der Waals surface area (Å²) in [6.45, 7) is 7.33. The summed E-state index contributed by atoms with van der Waals surface area (Å²) in [5, 5.41) is 29.7. The van der Waals surface area contributed by atoms with E-state index in [0.717, 1.165) is 19.3 Å². The van der Waals surface area contributed by atoms with Crippen molar-refractivity contribution < 1.29 is 34.2 Å². The largest absolute Gasteiger partial charge is 0.477 e. The number of carboxylic acids is 3. The van der Waals surface area contributed by atoms with Crippen LogP contribution in [0.15, 0.2) is 12.2 Å². The van der Waals surface area contributed by atoms with Crippen LogP contribution in [0.25, 0.3) is 0 Å². The van der Waals surface area contributed by atoms with Crippen molar-refractivity contribution in [3.63, 3.8) is 0 Å². The SMILES string of the molecule is CCCCCCCCCC/C=C/C[N+](C(CC)C(=O)O)(C(CC)C(=O)O)C(CC)C(=O)O. The Morgan fingerprint density at radius 3 is 1.34 bits per heavy atom. The average molecular weight is 457 g/mol. The summed E-state index contributed by atoms with van der Waals surface area (Å²) in [4.78, 5) is 36.4. The van der Waals surface area contributed by atoms with Gasteiger partial charge in [-0.25, -0.2) is 14.4 Å². The molecule has 0 bridgehead atoms. The van der Waals surface area contributed by atoms with Gasteiger partial charge in [0.05, 0.1) is 6.54 Å². The van der Waals surface area contributed by atoms with E-state index in [1.807, 2.05) is 12.2 Å². The quantitative estimate of drug-likeness (QED) is 0.127. The third-order valence-corrected chi connectivity index (χ3v) is 6.57. The van der Waals surface area contributed by atoms with Gasteiger partial charge < -0.3 is 15.3 Å². The van der Waals surface area contributed by atoms with Crippen molar-refractivity contribution in [2.24, 2.45) is 0 Å². The number of allylic oxidation sites excluding steroid dienone is 1. The van der Waals surface area contributed by atoms with Crippen LogP contribution in [-0.2, 0) is 14.4 Å². The van der Waals surface area contributed by atoms with Gasteiger partial charge in [0.1, 0.15) is 0 Å². The normalized spacial score (nSPS) is 16.4. The van der Waals surface area contributed by atoms with Crippen LogP contribution in [0, 0.1) is 0 Å². The molecule has 0 aliphatic rings. The molecule has 3 atom stereocenters. The second kappa shape index (κ2) is 16.7. The minimum Gasteiger partial charge on any atom is -0.477 e. The highest BCUT2D eigenvalue weighted by atomic mass is 16.4. The number of hydrogen-bond acceptors (Lipinski definition) is 3. The standard InChI is InChI=1S/C25H45NO6/c1-5-9-10-11-12-13-14-15-16-17-18-19-26(20(6-2)23(27)28,21(7-3)24(29)30)22(8-4)25(31)32/h17-18,20-22H,5-16,19H2,1-4H3,(H2-,27,28,29,30,31,32)/p+1/b18-17+. The molecule has 0 saturated carbocycles. The molecule has 0 fully saturated rings. The highest BCUT2D eigenvalue weighted by molar-refractivity contribution is 5.78. The van der Waals surface area contributed by atoms with Crippen LogP contribution in [-0.4, -0.2) is 62.4 Å². The van der Waals surface area contributed by atoms with Crippen molar-refractivity contribution in [2.45, 2.75) is 123 Å². The lowest BCUT2D eigenvalue weighted by Gasteiger charge is -2.49. The molecule has 0 aromatic heterocycles. The van der Waals surface area contributed by atoms with Crippen LogP contribution in [0.4, 0.5) is 0 Å². The molecule has 0 rings (SSSR count). The molecule has 0 heterocycles. The van der Waals surface area contributed by atoms with Crippen LogP contribution < -0.4 is 0 Å². The Bertz CT molecular complexity index is 534. The number of nitrogens with zero attached hydrogens (tertiary/aromatic N) is 1. The summed E-state index contributed by atoms with van der Waals surface area (Å²) in [6, 6.07) is -3.32. The second-order valence-electron chi connectivity index (χ2n) is 8.70. The maximum atomic E-state index is 12.1. The van der Waals surface area contributed by atoms with Crippen LogP contribution in [0.1, 0.15) is 105 Å². The zero-order valence-corrected chi connectivity index (χ0v) is 20.6. The summed E-state index contributed by atoms with van der Waals surface area (Å²) in [5.41, 5.74) is 0. The molecule has 32 heavy (non-hydrogen) atoms. The highest BCUT2D eigenvalue weighted by Gasteiger charge is 2.55. The maximum absolute atomic E-state index is 12.1. The monoisotopic (exact) mass is 456 g/mol. The molecular weight excluding hydrogens is 410 g/mol. The van der Waals surface area contributed by atoms with Crippen LogP contribution >= 0.6 is 0 Å². The first kappa shape index (κ1) is 30.1. The number of carboxylic acid groups (broad SMARTS) is 3. The molecule has 3 unspecified atom stereocenters. The number of hydrogen-bond donors (Lipinski definition) is 3. The fraction of sp³-hybridized carbons (Fsp3) is 0.800. The van der Waals surface area contributed by atoms with Gasteiger partial charge in [0, 0.05) is 19.3 Å². The molecule has 0 saturated heterocycles. The summed E-state index contributed by atoms with van der Waals surface area (Å²) < 4.78 is -0.489. The van der Waals surface area contributed by atoms with Crippen LogP contribution in [0.2, 0.25) is 0 Å². The second-order valence-corrected chi connectivity index (χ2v) is 8.70. The van der Waals surface area contributed by atoms with Gasteiger partial charge in [-0.3, -0.25) is 4.48 Å². The van der Waals surface area contributed by atoms with Gasteiger partial charge in [-0.1, -0.05) is 78.7 Å². The van der Waals surface area contributed by atoms with E-state index in [-0.39, 0.29) is 25.8 Å². The Morgan fingerprint density at radius 1 is 0.625 bits per heavy atom. The average Bonchev–Trinajstić information content (AvgIpc) is 2.72. The van der Waals surface area contributed by atoms with E-state index >= 15 is 0 Å². The van der Waals surface area contributed by atoms with Crippen molar-refractivity contribution in [3.05, 3.63) is 12.2 Å². The van der Waals surface area contributed by atoms with Gasteiger partial charge in [-0.2, -0.15) is 0 Å². The first-order valence-electron chi connectivity index (χ1n) is 12.4. The number of carbonyl (C=O) groups is 3. The summed E-state index contributed by atoms with van der Waals surface area (Å²) in [6.07, 6.45) is 14.8. The Morgan fingerprint density at radius 2 is 1.00 bits per heavy atom. The van der Waals surface area contributed by atoms with Crippen LogP contribution in [0.3, 0.4) is 0 Å². The van der Waals surface area contributed by atoms with E-state index in [4.69, 9.17) is 0 Å². The topological polar surface area (TPSA) is 112 Å². The molecule has 0 amide bonds. The van der Waals surface area contributed by atoms with Crippen molar-refractivity contribution in [1.82, 2.24) is 0 Å². The highest BCUT2D eigenvalue weighted by Crippen LogP contribution is 2.31. The number of aliphatic carboxylic acids is 3. The molecule has 0 aromatic rings. The van der Waals surface area contributed by atoms with E-state index in [1.165, 1.54) is 38.5 Å². The van der Waals surface area contributed by atoms with Gasteiger partial charge in [0.25, 0.3) is 0 Å². The van der Waals surface area contributed by atoms with Crippen molar-refractivity contribution >= 4 is 17.9 Å². The minimum absolute atomic E-state index is 0.0808. The fourth-order valence-corrected chi connectivity index (χ4v) is 4.96. The van der Waals surface area contributed by atoms with Gasteiger partial charge >= 0.3 is 17.9 Å². The van der Waals surface area contributed by atoms with Gasteiger partial charge in [-0.05, 0) is 18.9 Å². The third-order valence-electron chi connectivity index (χ3n) is 6.57. The van der Waals surface area contributed by atoms with Gasteiger partial charge in [0.15, 0.2) is 18.1 Å². The predicted molar refractivity (Wildman–Crippen MR) is 127 cm³/mol. The summed E-state index contributed by atoms with van der Waals surface area (Å²) in [5.74, 6) is -3.45. The first-order chi connectivity index (χ1) is 15.2. The Kier molecular flexibility index (Phi) is 15.7. The maximum Gasteiger partial charge on any atom is 0.362 e.